The van der Waals surface area contributed by atoms with Crippen LogP contribution in [0.25, 0.3) is 5.57 Å². The molecule has 0 saturated carbocycles. The van der Waals surface area contributed by atoms with Crippen LogP contribution in [0.5, 0.6) is 11.5 Å². The summed E-state index contributed by atoms with van der Waals surface area (Å²) in [7, 11) is 0. The number of ether oxygens (including phenoxy) is 1. The van der Waals surface area contributed by atoms with Crippen molar-refractivity contribution in [1.82, 2.24) is 0 Å². The first-order valence-electron chi connectivity index (χ1n) is 10.9. The van der Waals surface area contributed by atoms with Crippen molar-refractivity contribution >= 4 is 23.2 Å². The fourth-order valence-electron chi connectivity index (χ4n) is 4.33. The molecule has 158 valence electrons. The molecule has 0 aliphatic carbocycles. The van der Waals surface area contributed by atoms with Crippen LogP contribution in [0.4, 0.5) is 11.4 Å². The van der Waals surface area contributed by atoms with Gasteiger partial charge >= 0.3 is 0 Å². The molecule has 0 atom stereocenters. The fraction of sp³-hybridized carbons (Fsp3) is 0.250. The molecule has 0 radical (unpaired) electrons. The topological polar surface area (TPSA) is 24.8 Å². The molecule has 0 fully saturated rings. The molecule has 0 unspecified atom stereocenters. The second-order valence-electron chi connectivity index (χ2n) is 8.62. The molecule has 1 heterocycles. The second-order valence-corrected chi connectivity index (χ2v) is 8.62. The summed E-state index contributed by atoms with van der Waals surface area (Å²) in [5.74, 6) is 1.63. The van der Waals surface area contributed by atoms with Crippen LogP contribution in [-0.2, 0) is 0 Å². The van der Waals surface area contributed by atoms with Gasteiger partial charge in [0, 0.05) is 24.0 Å². The van der Waals surface area contributed by atoms with E-state index in [1.54, 1.807) is 0 Å². The number of rotatable bonds is 5. The van der Waals surface area contributed by atoms with Crippen molar-refractivity contribution in [2.75, 3.05) is 11.4 Å². The van der Waals surface area contributed by atoms with Crippen molar-refractivity contribution in [1.29, 1.82) is 0 Å². The van der Waals surface area contributed by atoms with Crippen molar-refractivity contribution in [3.8, 4) is 11.5 Å². The first-order chi connectivity index (χ1) is 14.9. The number of hydrogen-bond donors (Lipinski definition) is 0. The number of benzene rings is 3. The lowest BCUT2D eigenvalue weighted by Gasteiger charge is -2.43. The molecule has 0 N–H and O–H groups in total. The summed E-state index contributed by atoms with van der Waals surface area (Å²) in [6, 6.07) is 22.2. The molecule has 1 aliphatic rings. The van der Waals surface area contributed by atoms with Gasteiger partial charge in [0.2, 0.25) is 0 Å². The summed E-state index contributed by atoms with van der Waals surface area (Å²) in [5, 5.41) is 0. The molecule has 3 nitrogen and oxygen atoms in total. The standard InChI is InChI=1S/C28H30N2O/c1-6-30-27-16-20(2)22(17-26(27)21(3)18-28(30,4)5)19-29-23-12-14-25(15-13-23)31-24-10-8-7-9-11-24/h7-19H,6H2,1-5H3. The van der Waals surface area contributed by atoms with E-state index < -0.39 is 0 Å². The van der Waals surface area contributed by atoms with Gasteiger partial charge in [0.1, 0.15) is 11.5 Å². The molecule has 0 saturated heterocycles. The number of nitrogens with zero attached hydrogens (tertiary/aromatic N) is 2. The summed E-state index contributed by atoms with van der Waals surface area (Å²) in [6.45, 7) is 12.1. The molecular weight excluding hydrogens is 380 g/mol. The Kier molecular flexibility index (Phi) is 5.69. The number of aliphatic imine (C=N–C) groups is 1. The van der Waals surface area contributed by atoms with Crippen LogP contribution in [-0.4, -0.2) is 18.3 Å². The Labute approximate surface area is 185 Å². The Morgan fingerprint density at radius 2 is 1.61 bits per heavy atom. The molecule has 3 aromatic carbocycles. The lowest BCUT2D eigenvalue weighted by atomic mass is 9.87. The van der Waals surface area contributed by atoms with E-state index in [0.717, 1.165) is 29.3 Å². The highest BCUT2D eigenvalue weighted by Crippen LogP contribution is 2.40. The summed E-state index contributed by atoms with van der Waals surface area (Å²) < 4.78 is 5.86. The third kappa shape index (κ3) is 4.41. The average Bonchev–Trinajstić information content (AvgIpc) is 2.74. The molecule has 0 spiro atoms. The average molecular weight is 411 g/mol. The highest BCUT2D eigenvalue weighted by atomic mass is 16.5. The predicted octanol–water partition coefficient (Wildman–Crippen LogP) is 7.56. The Hall–Kier alpha value is -3.33. The normalized spacial score (nSPS) is 15.0. The van der Waals surface area contributed by atoms with Crippen LogP contribution in [0.1, 0.15) is 44.4 Å². The van der Waals surface area contributed by atoms with E-state index in [-0.39, 0.29) is 5.54 Å². The molecule has 0 aromatic heterocycles. The van der Waals surface area contributed by atoms with Crippen LogP contribution >= 0.6 is 0 Å². The van der Waals surface area contributed by atoms with Gasteiger partial charge in [-0.25, -0.2) is 0 Å². The van der Waals surface area contributed by atoms with E-state index in [4.69, 9.17) is 9.73 Å². The summed E-state index contributed by atoms with van der Waals surface area (Å²) in [6.07, 6.45) is 4.33. The van der Waals surface area contributed by atoms with E-state index in [1.807, 2.05) is 60.8 Å². The Bertz CT molecular complexity index is 1130. The number of fused-ring (bicyclic) bond motifs is 1. The molecule has 0 bridgehead atoms. The minimum atomic E-state index is 0.0252. The van der Waals surface area contributed by atoms with Gasteiger partial charge in [0.05, 0.1) is 11.2 Å². The molecule has 4 rings (SSSR count). The largest absolute Gasteiger partial charge is 0.457 e. The smallest absolute Gasteiger partial charge is 0.127 e. The van der Waals surface area contributed by atoms with Crippen LogP contribution in [0, 0.1) is 6.92 Å². The molecular formula is C28H30N2O. The zero-order valence-corrected chi connectivity index (χ0v) is 19.0. The van der Waals surface area contributed by atoms with Gasteiger partial charge in [0.15, 0.2) is 0 Å². The van der Waals surface area contributed by atoms with Gasteiger partial charge in [0.25, 0.3) is 0 Å². The number of para-hydroxylation sites is 1. The van der Waals surface area contributed by atoms with Gasteiger partial charge in [-0.2, -0.15) is 0 Å². The number of aryl methyl sites for hydroxylation is 1. The van der Waals surface area contributed by atoms with E-state index >= 15 is 0 Å². The second kappa shape index (κ2) is 8.43. The number of likely N-dealkylation sites (N-methyl/N-ethyl adjacent to an activating group) is 1. The van der Waals surface area contributed by atoms with Gasteiger partial charge in [-0.3, -0.25) is 4.99 Å². The molecule has 0 amide bonds. The van der Waals surface area contributed by atoms with Crippen LogP contribution in [0.2, 0.25) is 0 Å². The Balaban J connectivity index is 1.57. The van der Waals surface area contributed by atoms with Crippen LogP contribution in [0.15, 0.2) is 77.8 Å². The lowest BCUT2D eigenvalue weighted by molar-refractivity contribution is 0.483. The third-order valence-electron chi connectivity index (χ3n) is 5.85. The maximum Gasteiger partial charge on any atom is 0.127 e. The highest BCUT2D eigenvalue weighted by Gasteiger charge is 2.30. The predicted molar refractivity (Wildman–Crippen MR) is 132 cm³/mol. The van der Waals surface area contributed by atoms with Gasteiger partial charge in [-0.1, -0.05) is 24.3 Å². The quantitative estimate of drug-likeness (QED) is 0.405. The van der Waals surface area contributed by atoms with Crippen molar-refractivity contribution in [3.63, 3.8) is 0 Å². The Morgan fingerprint density at radius 1 is 0.935 bits per heavy atom. The molecule has 3 aromatic rings. The van der Waals surface area contributed by atoms with Crippen molar-refractivity contribution in [2.24, 2.45) is 4.99 Å². The molecule has 1 aliphatic heterocycles. The monoisotopic (exact) mass is 410 g/mol. The molecule has 3 heteroatoms. The van der Waals surface area contributed by atoms with Crippen LogP contribution < -0.4 is 9.64 Å². The van der Waals surface area contributed by atoms with Crippen molar-refractivity contribution in [3.05, 3.63) is 89.5 Å². The third-order valence-corrected chi connectivity index (χ3v) is 5.85. The maximum absolute atomic E-state index is 5.86. The van der Waals surface area contributed by atoms with Crippen molar-refractivity contribution < 1.29 is 4.74 Å². The maximum atomic E-state index is 5.86. The number of anilines is 1. The molecule has 31 heavy (non-hydrogen) atoms. The number of hydrogen-bond acceptors (Lipinski definition) is 3. The minimum Gasteiger partial charge on any atom is -0.457 e. The highest BCUT2D eigenvalue weighted by molar-refractivity contribution is 5.90. The summed E-state index contributed by atoms with van der Waals surface area (Å²) in [5.41, 5.74) is 7.23. The summed E-state index contributed by atoms with van der Waals surface area (Å²) in [4.78, 5) is 7.18. The lowest BCUT2D eigenvalue weighted by Crippen LogP contribution is -2.45. The van der Waals surface area contributed by atoms with Crippen molar-refractivity contribution in [2.45, 2.75) is 40.2 Å². The first kappa shape index (κ1) is 20.9. The van der Waals surface area contributed by atoms with E-state index in [2.05, 4.69) is 57.7 Å². The minimum absolute atomic E-state index is 0.0252. The zero-order chi connectivity index (χ0) is 22.0. The van der Waals surface area contributed by atoms with E-state index in [1.165, 1.54) is 22.4 Å². The van der Waals surface area contributed by atoms with Gasteiger partial charge < -0.3 is 9.64 Å². The number of allylic oxidation sites excluding steroid dienone is 1. The van der Waals surface area contributed by atoms with E-state index in [0.29, 0.717) is 0 Å². The SMILES string of the molecule is CCN1c2cc(C)c(C=Nc3ccc(Oc4ccccc4)cc3)cc2C(C)=CC1(C)C. The van der Waals surface area contributed by atoms with Crippen LogP contribution in [0.3, 0.4) is 0 Å². The fourth-order valence-corrected chi connectivity index (χ4v) is 4.33. The van der Waals surface area contributed by atoms with Gasteiger partial charge in [-0.15, -0.1) is 0 Å². The summed E-state index contributed by atoms with van der Waals surface area (Å²) >= 11 is 0. The first-order valence-corrected chi connectivity index (χ1v) is 10.9. The van der Waals surface area contributed by atoms with E-state index in [9.17, 15) is 0 Å². The zero-order valence-electron chi connectivity index (χ0n) is 19.0. The van der Waals surface area contributed by atoms with Gasteiger partial charge in [-0.05, 0) is 99.8 Å². The Morgan fingerprint density at radius 3 is 2.29 bits per heavy atom.